The topological polar surface area (TPSA) is 20.2 Å². The zero-order chi connectivity index (χ0) is 9.42. The Morgan fingerprint density at radius 2 is 1.77 bits per heavy atom. The fourth-order valence-electron chi connectivity index (χ4n) is 3.11. The van der Waals surface area contributed by atoms with Crippen LogP contribution in [0.25, 0.3) is 0 Å². The summed E-state index contributed by atoms with van der Waals surface area (Å²) < 4.78 is 0. The van der Waals surface area contributed by atoms with Crippen molar-refractivity contribution >= 4 is 0 Å². The molecule has 0 spiro atoms. The Balaban J connectivity index is 2.07. The van der Waals surface area contributed by atoms with Gasteiger partial charge in [-0.15, -0.1) is 0 Å². The summed E-state index contributed by atoms with van der Waals surface area (Å²) in [6.07, 6.45) is 6.18. The second-order valence-electron chi connectivity index (χ2n) is 4.96. The number of hydrogen-bond acceptors (Lipinski definition) is 1. The molecule has 0 aromatic rings. The molecule has 2 rings (SSSR count). The van der Waals surface area contributed by atoms with Gasteiger partial charge in [0.2, 0.25) is 0 Å². The molecule has 2 fully saturated rings. The van der Waals surface area contributed by atoms with Crippen molar-refractivity contribution in [1.82, 2.24) is 0 Å². The van der Waals surface area contributed by atoms with Gasteiger partial charge in [-0.05, 0) is 50.4 Å². The summed E-state index contributed by atoms with van der Waals surface area (Å²) in [5, 5.41) is 9.96. The highest BCUT2D eigenvalue weighted by molar-refractivity contribution is 5.03. The second kappa shape index (κ2) is 3.45. The predicted molar refractivity (Wildman–Crippen MR) is 54.4 cm³/mol. The number of aliphatic hydroxyl groups is 1. The van der Waals surface area contributed by atoms with Crippen LogP contribution in [-0.2, 0) is 0 Å². The lowest BCUT2D eigenvalue weighted by molar-refractivity contribution is -0.0278. The molecular formula is C12H20O. The molecule has 0 radical (unpaired) electrons. The first-order valence-electron chi connectivity index (χ1n) is 5.52. The van der Waals surface area contributed by atoms with Gasteiger partial charge in [0.05, 0.1) is 6.10 Å². The predicted octanol–water partition coefficient (Wildman–Crippen LogP) is 2.75. The van der Waals surface area contributed by atoms with Crippen molar-refractivity contribution in [3.05, 3.63) is 12.2 Å². The molecule has 2 atom stereocenters. The van der Waals surface area contributed by atoms with Gasteiger partial charge in [-0.2, -0.15) is 0 Å². The largest absolute Gasteiger partial charge is 0.393 e. The van der Waals surface area contributed by atoms with Crippen molar-refractivity contribution in [2.45, 2.75) is 45.1 Å². The van der Waals surface area contributed by atoms with Crippen LogP contribution < -0.4 is 0 Å². The first kappa shape index (κ1) is 9.26. The van der Waals surface area contributed by atoms with Crippen LogP contribution in [0.3, 0.4) is 0 Å². The number of allylic oxidation sites excluding steroid dienone is 1. The molecule has 0 heterocycles. The zero-order valence-electron chi connectivity index (χ0n) is 8.50. The summed E-state index contributed by atoms with van der Waals surface area (Å²) in [6, 6.07) is 0. The Kier molecular flexibility index (Phi) is 2.46. The smallest absolute Gasteiger partial charge is 0.0596 e. The number of fused-ring (bicyclic) bond motifs is 2. The molecule has 2 bridgehead atoms. The van der Waals surface area contributed by atoms with Gasteiger partial charge in [-0.1, -0.05) is 18.6 Å². The minimum atomic E-state index is 0.00403. The quantitative estimate of drug-likeness (QED) is 0.615. The van der Waals surface area contributed by atoms with Crippen molar-refractivity contribution in [3.63, 3.8) is 0 Å². The van der Waals surface area contributed by atoms with Gasteiger partial charge in [-0.25, -0.2) is 0 Å². The molecule has 0 aromatic carbocycles. The summed E-state index contributed by atoms with van der Waals surface area (Å²) >= 11 is 0. The average molecular weight is 180 g/mol. The Bertz CT molecular complexity index is 195. The summed E-state index contributed by atoms with van der Waals surface area (Å²) in [7, 11) is 0. The molecule has 1 heteroatoms. The molecule has 0 amide bonds. The van der Waals surface area contributed by atoms with E-state index in [1.165, 1.54) is 37.7 Å². The van der Waals surface area contributed by atoms with Crippen LogP contribution in [0, 0.1) is 17.8 Å². The minimum Gasteiger partial charge on any atom is -0.393 e. The SMILES string of the molecule is C=C(C)C1CC2CCCC(C1)C2O. The van der Waals surface area contributed by atoms with E-state index in [-0.39, 0.29) is 6.10 Å². The number of hydrogen-bond donors (Lipinski definition) is 1. The molecule has 0 aromatic heterocycles. The van der Waals surface area contributed by atoms with E-state index in [4.69, 9.17) is 0 Å². The number of aliphatic hydroxyl groups excluding tert-OH is 1. The standard InChI is InChI=1S/C12H20O/c1-8(2)11-6-9-4-3-5-10(7-11)12(9)13/h9-13H,1,3-7H2,2H3. The van der Waals surface area contributed by atoms with Crippen LogP contribution in [0.1, 0.15) is 39.0 Å². The maximum Gasteiger partial charge on any atom is 0.0596 e. The highest BCUT2D eigenvalue weighted by Gasteiger charge is 2.38. The first-order chi connectivity index (χ1) is 6.18. The molecule has 0 aliphatic heterocycles. The summed E-state index contributed by atoms with van der Waals surface area (Å²) in [4.78, 5) is 0. The van der Waals surface area contributed by atoms with Crippen molar-refractivity contribution in [1.29, 1.82) is 0 Å². The molecular weight excluding hydrogens is 160 g/mol. The third kappa shape index (κ3) is 1.67. The molecule has 1 nitrogen and oxygen atoms in total. The highest BCUT2D eigenvalue weighted by atomic mass is 16.3. The molecule has 13 heavy (non-hydrogen) atoms. The van der Waals surface area contributed by atoms with Gasteiger partial charge in [0.25, 0.3) is 0 Å². The molecule has 2 aliphatic carbocycles. The van der Waals surface area contributed by atoms with Gasteiger partial charge in [0, 0.05) is 0 Å². The van der Waals surface area contributed by atoms with E-state index in [2.05, 4.69) is 13.5 Å². The van der Waals surface area contributed by atoms with Gasteiger partial charge >= 0.3 is 0 Å². The highest BCUT2D eigenvalue weighted by Crippen LogP contribution is 2.44. The van der Waals surface area contributed by atoms with Crippen molar-refractivity contribution < 1.29 is 5.11 Å². The monoisotopic (exact) mass is 180 g/mol. The molecule has 2 aliphatic rings. The van der Waals surface area contributed by atoms with Crippen LogP contribution in [0.15, 0.2) is 12.2 Å². The second-order valence-corrected chi connectivity index (χ2v) is 4.96. The van der Waals surface area contributed by atoms with E-state index in [0.717, 1.165) is 0 Å². The third-order valence-corrected chi connectivity index (χ3v) is 3.99. The Morgan fingerprint density at radius 3 is 2.23 bits per heavy atom. The van der Waals surface area contributed by atoms with Crippen LogP contribution in [0.5, 0.6) is 0 Å². The van der Waals surface area contributed by atoms with Crippen LogP contribution in [0.4, 0.5) is 0 Å². The third-order valence-electron chi connectivity index (χ3n) is 3.99. The van der Waals surface area contributed by atoms with Crippen molar-refractivity contribution in [3.8, 4) is 0 Å². The lowest BCUT2D eigenvalue weighted by atomic mass is 9.65. The van der Waals surface area contributed by atoms with Gasteiger partial charge in [-0.3, -0.25) is 0 Å². The molecule has 0 saturated heterocycles. The maximum atomic E-state index is 9.96. The maximum absolute atomic E-state index is 9.96. The molecule has 1 N–H and O–H groups in total. The van der Waals surface area contributed by atoms with E-state index in [9.17, 15) is 5.11 Å². The van der Waals surface area contributed by atoms with E-state index < -0.39 is 0 Å². The average Bonchev–Trinajstić information content (AvgIpc) is 2.02. The zero-order valence-corrected chi connectivity index (χ0v) is 8.50. The first-order valence-corrected chi connectivity index (χ1v) is 5.52. The fraction of sp³-hybridized carbons (Fsp3) is 0.833. The Hall–Kier alpha value is -0.300. The number of rotatable bonds is 1. The molecule has 74 valence electrons. The van der Waals surface area contributed by atoms with Gasteiger partial charge in [0.1, 0.15) is 0 Å². The van der Waals surface area contributed by atoms with Crippen molar-refractivity contribution in [2.24, 2.45) is 17.8 Å². The molecule has 2 saturated carbocycles. The normalized spacial score (nSPS) is 44.5. The van der Waals surface area contributed by atoms with Crippen molar-refractivity contribution in [2.75, 3.05) is 0 Å². The van der Waals surface area contributed by atoms with Crippen LogP contribution in [0.2, 0.25) is 0 Å². The lowest BCUT2D eigenvalue weighted by Crippen LogP contribution is -2.40. The minimum absolute atomic E-state index is 0.00403. The van der Waals surface area contributed by atoms with E-state index >= 15 is 0 Å². The summed E-state index contributed by atoms with van der Waals surface area (Å²) in [6.45, 7) is 6.19. The van der Waals surface area contributed by atoms with Crippen LogP contribution in [-0.4, -0.2) is 11.2 Å². The van der Waals surface area contributed by atoms with E-state index in [0.29, 0.717) is 17.8 Å². The fourth-order valence-corrected chi connectivity index (χ4v) is 3.11. The summed E-state index contributed by atoms with van der Waals surface area (Å²) in [5.74, 6) is 1.85. The van der Waals surface area contributed by atoms with Gasteiger partial charge < -0.3 is 5.11 Å². The van der Waals surface area contributed by atoms with Gasteiger partial charge in [0.15, 0.2) is 0 Å². The lowest BCUT2D eigenvalue weighted by Gasteiger charge is -2.43. The summed E-state index contributed by atoms with van der Waals surface area (Å²) in [5.41, 5.74) is 1.32. The van der Waals surface area contributed by atoms with Crippen LogP contribution >= 0.6 is 0 Å². The Morgan fingerprint density at radius 1 is 1.23 bits per heavy atom. The van der Waals surface area contributed by atoms with E-state index in [1.807, 2.05) is 0 Å². The molecule has 2 unspecified atom stereocenters. The van der Waals surface area contributed by atoms with E-state index in [1.54, 1.807) is 0 Å². The Labute approximate surface area is 80.8 Å².